The Labute approximate surface area is 448 Å². The van der Waals surface area contributed by atoms with Crippen molar-refractivity contribution in [3.05, 3.63) is 295 Å². The van der Waals surface area contributed by atoms with Gasteiger partial charge < -0.3 is 14.7 Å². The number of rotatable bonds is 7. The van der Waals surface area contributed by atoms with Crippen LogP contribution in [-0.4, -0.2) is 0 Å². The van der Waals surface area contributed by atoms with Crippen LogP contribution in [0.1, 0.15) is 22.3 Å². The van der Waals surface area contributed by atoms with Crippen LogP contribution in [0, 0.1) is 0 Å². The number of benzene rings is 12. The Morgan fingerprint density at radius 2 is 0.842 bits per heavy atom. The SMILES string of the molecule is c1ccc(N2c3ccccc3C3(c4ccccc4-c4ccccc43)c3ccc(N(c4ccccc4)c4cccc5sc6cccc(N(c7ccccc7)c7cccc8c7sc7c9ccccc9ccc87)c6c45)cc32)cc1. The summed E-state index contributed by atoms with van der Waals surface area (Å²) >= 11 is 3.77. The topological polar surface area (TPSA) is 9.72 Å². The van der Waals surface area contributed by atoms with Crippen LogP contribution in [0.4, 0.5) is 51.2 Å². The van der Waals surface area contributed by atoms with Crippen molar-refractivity contribution in [2.45, 2.75) is 5.41 Å². The zero-order chi connectivity index (χ0) is 49.9. The summed E-state index contributed by atoms with van der Waals surface area (Å²) in [7, 11) is 0. The lowest BCUT2D eigenvalue weighted by Gasteiger charge is -2.45. The van der Waals surface area contributed by atoms with Crippen LogP contribution < -0.4 is 14.7 Å². The summed E-state index contributed by atoms with van der Waals surface area (Å²) in [5.41, 5.74) is 17.3. The van der Waals surface area contributed by atoms with Gasteiger partial charge in [-0.2, -0.15) is 0 Å². The van der Waals surface area contributed by atoms with Gasteiger partial charge in [-0.25, -0.2) is 0 Å². The molecule has 0 radical (unpaired) electrons. The van der Waals surface area contributed by atoms with E-state index in [-0.39, 0.29) is 0 Å². The molecule has 3 heterocycles. The molecule has 1 aliphatic carbocycles. The molecular weight excluding hydrogens is 959 g/mol. The van der Waals surface area contributed by atoms with E-state index in [0.29, 0.717) is 0 Å². The zero-order valence-corrected chi connectivity index (χ0v) is 42.8. The minimum atomic E-state index is -0.551. The number of thiophene rings is 2. The van der Waals surface area contributed by atoms with Gasteiger partial charge in [-0.05, 0) is 129 Å². The van der Waals surface area contributed by atoms with Crippen molar-refractivity contribution >= 4 is 125 Å². The van der Waals surface area contributed by atoms with Crippen LogP contribution in [0.5, 0.6) is 0 Å². The van der Waals surface area contributed by atoms with Gasteiger partial charge in [0.25, 0.3) is 0 Å². The molecule has 0 saturated heterocycles. The molecule has 0 fully saturated rings. The highest BCUT2D eigenvalue weighted by Crippen LogP contribution is 2.64. The Morgan fingerprint density at radius 3 is 1.55 bits per heavy atom. The second kappa shape index (κ2) is 16.9. The molecule has 0 amide bonds. The average Bonchev–Trinajstić information content (AvgIpc) is 4.23. The maximum atomic E-state index is 2.52. The molecule has 5 heteroatoms. The van der Waals surface area contributed by atoms with Crippen molar-refractivity contribution in [2.75, 3.05) is 14.7 Å². The number of para-hydroxylation sites is 4. The smallest absolute Gasteiger partial charge is 0.0754 e. The summed E-state index contributed by atoms with van der Waals surface area (Å²) in [6.45, 7) is 0. The number of nitrogens with zero attached hydrogens (tertiary/aromatic N) is 3. The van der Waals surface area contributed by atoms with E-state index >= 15 is 0 Å². The quantitative estimate of drug-likeness (QED) is 0.158. The van der Waals surface area contributed by atoms with Crippen molar-refractivity contribution < 1.29 is 0 Å². The van der Waals surface area contributed by atoms with Crippen molar-refractivity contribution in [1.82, 2.24) is 0 Å². The maximum Gasteiger partial charge on any atom is 0.0754 e. The Kier molecular flexibility index (Phi) is 9.59. The number of hydrogen-bond donors (Lipinski definition) is 0. The fourth-order valence-electron chi connectivity index (χ4n) is 13.0. The lowest BCUT2D eigenvalue weighted by atomic mass is 9.64. The molecule has 1 aliphatic heterocycles. The van der Waals surface area contributed by atoms with E-state index in [2.05, 4.69) is 288 Å². The molecule has 0 unspecified atom stereocenters. The van der Waals surface area contributed by atoms with Crippen LogP contribution in [-0.2, 0) is 5.41 Å². The Hall–Kier alpha value is -9.26. The van der Waals surface area contributed by atoms with Gasteiger partial charge in [-0.1, -0.05) is 188 Å². The molecule has 0 atom stereocenters. The standard InChI is InChI=1S/C71H45N3S2/c1-4-22-47(23-5-1)72(50-42-44-59-64(45-50)73(48-24-6-2-7-25-48)60-35-17-16-34-58(60)71(59)56-32-14-12-29-52(56)53-30-13-15-33-57(53)71)61-36-19-39-65-67(61)68-62(37-20-40-66(68)75-65)74(49-26-8-3-9-27-49)63-38-18-31-54-55-43-41-46-21-10-11-28-51(46)69(55)76-70(54)63/h1-45H. The van der Waals surface area contributed by atoms with Crippen molar-refractivity contribution in [1.29, 1.82) is 0 Å². The monoisotopic (exact) mass is 1000 g/mol. The van der Waals surface area contributed by atoms with Crippen molar-refractivity contribution in [3.8, 4) is 11.1 Å². The van der Waals surface area contributed by atoms with Gasteiger partial charge in [0.15, 0.2) is 0 Å². The third kappa shape index (κ3) is 6.15. The number of anilines is 9. The molecule has 1 spiro atoms. The van der Waals surface area contributed by atoms with Crippen LogP contribution >= 0.6 is 22.7 Å². The van der Waals surface area contributed by atoms with Crippen LogP contribution in [0.25, 0.3) is 62.2 Å². The third-order valence-corrected chi connectivity index (χ3v) is 18.4. The molecule has 12 aromatic carbocycles. The summed E-state index contributed by atoms with van der Waals surface area (Å²) in [6.07, 6.45) is 0. The van der Waals surface area contributed by atoms with Gasteiger partial charge in [0.2, 0.25) is 0 Å². The molecule has 2 aliphatic rings. The first kappa shape index (κ1) is 43.2. The molecular formula is C71H45N3S2. The highest BCUT2D eigenvalue weighted by atomic mass is 32.1. The largest absolute Gasteiger partial charge is 0.310 e. The highest BCUT2D eigenvalue weighted by Gasteiger charge is 2.51. The molecule has 76 heavy (non-hydrogen) atoms. The average molecular weight is 1000 g/mol. The predicted octanol–water partition coefficient (Wildman–Crippen LogP) is 20.7. The number of hydrogen-bond acceptors (Lipinski definition) is 5. The fraction of sp³-hybridized carbons (Fsp3) is 0.0141. The van der Waals surface area contributed by atoms with Gasteiger partial charge >= 0.3 is 0 Å². The van der Waals surface area contributed by atoms with Gasteiger partial charge in [0, 0.05) is 58.4 Å². The van der Waals surface area contributed by atoms with E-state index in [1.165, 1.54) is 90.2 Å². The Balaban J connectivity index is 0.965. The second-order valence-electron chi connectivity index (χ2n) is 19.9. The van der Waals surface area contributed by atoms with Gasteiger partial charge in [-0.15, -0.1) is 22.7 Å². The van der Waals surface area contributed by atoms with Crippen LogP contribution in [0.15, 0.2) is 273 Å². The minimum absolute atomic E-state index is 0.551. The normalized spacial score (nSPS) is 13.1. The van der Waals surface area contributed by atoms with Gasteiger partial charge in [-0.3, -0.25) is 0 Å². The van der Waals surface area contributed by atoms with Crippen molar-refractivity contribution in [3.63, 3.8) is 0 Å². The third-order valence-electron chi connectivity index (χ3n) is 16.0. The summed E-state index contributed by atoms with van der Waals surface area (Å²) in [4.78, 5) is 7.52. The lowest BCUT2D eigenvalue weighted by Crippen LogP contribution is -2.36. The van der Waals surface area contributed by atoms with Crippen LogP contribution in [0.3, 0.4) is 0 Å². The molecule has 16 rings (SSSR count). The minimum Gasteiger partial charge on any atom is -0.310 e. The molecule has 356 valence electrons. The molecule has 0 saturated carbocycles. The first-order chi connectivity index (χ1) is 37.7. The van der Waals surface area contributed by atoms with E-state index in [0.717, 1.165) is 45.5 Å². The Morgan fingerprint density at radius 1 is 0.316 bits per heavy atom. The molecule has 3 nitrogen and oxygen atoms in total. The van der Waals surface area contributed by atoms with E-state index in [1.54, 1.807) is 0 Å². The van der Waals surface area contributed by atoms with Crippen LogP contribution in [0.2, 0.25) is 0 Å². The van der Waals surface area contributed by atoms with Gasteiger partial charge in [0.1, 0.15) is 0 Å². The summed E-state index contributed by atoms with van der Waals surface area (Å²) in [5.74, 6) is 0. The fourth-order valence-corrected chi connectivity index (χ4v) is 15.5. The maximum absolute atomic E-state index is 2.52. The van der Waals surface area contributed by atoms with Crippen molar-refractivity contribution in [2.24, 2.45) is 0 Å². The Bertz CT molecular complexity index is 4570. The molecule has 0 N–H and O–H groups in total. The molecule has 14 aromatic rings. The summed E-state index contributed by atoms with van der Waals surface area (Å²) in [6, 6.07) is 101. The van der Waals surface area contributed by atoms with E-state index in [4.69, 9.17) is 0 Å². The van der Waals surface area contributed by atoms with E-state index in [9.17, 15) is 0 Å². The highest BCUT2D eigenvalue weighted by molar-refractivity contribution is 7.27. The first-order valence-corrected chi connectivity index (χ1v) is 27.6. The first-order valence-electron chi connectivity index (χ1n) is 26.0. The zero-order valence-electron chi connectivity index (χ0n) is 41.1. The van der Waals surface area contributed by atoms with E-state index < -0.39 is 5.41 Å². The second-order valence-corrected chi connectivity index (χ2v) is 22.0. The molecule has 2 aromatic heterocycles. The number of fused-ring (bicyclic) bond motifs is 17. The summed E-state index contributed by atoms with van der Waals surface area (Å²) < 4.78 is 5.06. The summed E-state index contributed by atoms with van der Waals surface area (Å²) in [5, 5.41) is 7.56. The van der Waals surface area contributed by atoms with E-state index in [1.807, 2.05) is 22.7 Å². The predicted molar refractivity (Wildman–Crippen MR) is 325 cm³/mol. The molecule has 0 bridgehead atoms. The van der Waals surface area contributed by atoms with Gasteiger partial charge in [0.05, 0.1) is 38.6 Å². The lowest BCUT2D eigenvalue weighted by molar-refractivity contribution is 0.752.